The molecule has 0 aliphatic rings. The number of rotatable bonds is 7. The minimum absolute atomic E-state index is 0.0867. The van der Waals surface area contributed by atoms with Crippen LogP contribution in [0.5, 0.6) is 0 Å². The minimum atomic E-state index is -3.81. The third-order valence-corrected chi connectivity index (χ3v) is 4.96. The lowest BCUT2D eigenvalue weighted by molar-refractivity contribution is -0.119. The van der Waals surface area contributed by atoms with Gasteiger partial charge in [-0.1, -0.05) is 6.07 Å². The van der Waals surface area contributed by atoms with Gasteiger partial charge in [-0.05, 0) is 44.2 Å². The van der Waals surface area contributed by atoms with E-state index < -0.39 is 45.8 Å². The van der Waals surface area contributed by atoms with Crippen molar-refractivity contribution in [1.82, 2.24) is 4.72 Å². The normalized spacial score (nSPS) is 11.3. The van der Waals surface area contributed by atoms with Gasteiger partial charge in [0.1, 0.15) is 11.6 Å². The van der Waals surface area contributed by atoms with Gasteiger partial charge >= 0.3 is 5.97 Å². The fourth-order valence-electron chi connectivity index (χ4n) is 2.16. The summed E-state index contributed by atoms with van der Waals surface area (Å²) >= 11 is 0. The van der Waals surface area contributed by atoms with Crippen molar-refractivity contribution in [2.45, 2.75) is 24.8 Å². The van der Waals surface area contributed by atoms with Crippen LogP contribution < -0.4 is 10.0 Å². The first-order chi connectivity index (χ1) is 13.1. The first-order valence-corrected chi connectivity index (χ1v) is 9.61. The first-order valence-electron chi connectivity index (χ1n) is 8.13. The lowest BCUT2D eigenvalue weighted by atomic mass is 10.2. The molecule has 2 rings (SSSR count). The molecule has 0 fully saturated rings. The topological polar surface area (TPSA) is 102 Å². The monoisotopic (exact) mass is 412 g/mol. The molecule has 0 bridgehead atoms. The number of halogens is 2. The van der Waals surface area contributed by atoms with Crippen molar-refractivity contribution in [2.75, 3.05) is 11.9 Å². The van der Waals surface area contributed by atoms with Gasteiger partial charge < -0.3 is 10.1 Å². The molecule has 0 radical (unpaired) electrons. The van der Waals surface area contributed by atoms with E-state index in [0.717, 1.165) is 24.3 Å². The molecule has 0 aliphatic heterocycles. The molecule has 1 amide bonds. The number of benzene rings is 2. The Labute approximate surface area is 160 Å². The van der Waals surface area contributed by atoms with Crippen LogP contribution in [0.25, 0.3) is 0 Å². The molecule has 2 N–H and O–H groups in total. The SMILES string of the molecule is CC(C)NS(=O)(=O)c1cccc(C(=O)OCC(=O)Nc2cc(F)ccc2F)c1. The zero-order valence-electron chi connectivity index (χ0n) is 15.0. The predicted molar refractivity (Wildman–Crippen MR) is 97.2 cm³/mol. The Hall–Kier alpha value is -2.85. The van der Waals surface area contributed by atoms with Gasteiger partial charge in [0, 0.05) is 12.1 Å². The van der Waals surface area contributed by atoms with Crippen LogP contribution in [-0.4, -0.2) is 32.9 Å². The van der Waals surface area contributed by atoms with Crippen LogP contribution in [-0.2, 0) is 19.6 Å². The Morgan fingerprint density at radius 1 is 1.11 bits per heavy atom. The van der Waals surface area contributed by atoms with E-state index in [2.05, 4.69) is 10.0 Å². The third-order valence-electron chi connectivity index (χ3n) is 3.31. The highest BCUT2D eigenvalue weighted by Gasteiger charge is 2.18. The lowest BCUT2D eigenvalue weighted by Gasteiger charge is -2.11. The molecule has 28 heavy (non-hydrogen) atoms. The van der Waals surface area contributed by atoms with E-state index >= 15 is 0 Å². The van der Waals surface area contributed by atoms with Crippen LogP contribution in [0.4, 0.5) is 14.5 Å². The molecular weight excluding hydrogens is 394 g/mol. The van der Waals surface area contributed by atoms with Gasteiger partial charge in [-0.25, -0.2) is 26.7 Å². The van der Waals surface area contributed by atoms with Crippen molar-refractivity contribution in [3.05, 3.63) is 59.7 Å². The highest BCUT2D eigenvalue weighted by atomic mass is 32.2. The molecule has 0 saturated heterocycles. The van der Waals surface area contributed by atoms with E-state index in [9.17, 15) is 26.8 Å². The van der Waals surface area contributed by atoms with Gasteiger partial charge in [0.05, 0.1) is 16.1 Å². The summed E-state index contributed by atoms with van der Waals surface area (Å²) in [5, 5.41) is 2.08. The second-order valence-corrected chi connectivity index (χ2v) is 7.77. The number of ether oxygens (including phenoxy) is 1. The summed E-state index contributed by atoms with van der Waals surface area (Å²) in [6, 6.07) is 7.26. The molecule has 7 nitrogen and oxygen atoms in total. The van der Waals surface area contributed by atoms with Crippen molar-refractivity contribution in [1.29, 1.82) is 0 Å². The van der Waals surface area contributed by atoms with E-state index in [1.807, 2.05) is 0 Å². The molecule has 0 aliphatic carbocycles. The number of carbonyl (C=O) groups is 2. The van der Waals surface area contributed by atoms with Gasteiger partial charge in [-0.2, -0.15) is 0 Å². The minimum Gasteiger partial charge on any atom is -0.452 e. The molecule has 2 aromatic carbocycles. The summed E-state index contributed by atoms with van der Waals surface area (Å²) in [5.74, 6) is -3.43. The Morgan fingerprint density at radius 3 is 2.50 bits per heavy atom. The smallest absolute Gasteiger partial charge is 0.338 e. The maximum Gasteiger partial charge on any atom is 0.338 e. The molecule has 0 atom stereocenters. The summed E-state index contributed by atoms with van der Waals surface area (Å²) < 4.78 is 58.1. The molecule has 2 aromatic rings. The average molecular weight is 412 g/mol. The van der Waals surface area contributed by atoms with Gasteiger partial charge in [0.25, 0.3) is 5.91 Å². The molecular formula is C18H18F2N2O5S. The fraction of sp³-hybridized carbons (Fsp3) is 0.222. The summed E-state index contributed by atoms with van der Waals surface area (Å²) in [7, 11) is -3.81. The van der Waals surface area contributed by atoms with E-state index in [-0.39, 0.29) is 16.5 Å². The van der Waals surface area contributed by atoms with Crippen LogP contribution in [0.1, 0.15) is 24.2 Å². The van der Waals surface area contributed by atoms with E-state index in [1.165, 1.54) is 18.2 Å². The summed E-state index contributed by atoms with van der Waals surface area (Å²) in [4.78, 5) is 23.7. The molecule has 0 saturated carbocycles. The molecule has 0 heterocycles. The van der Waals surface area contributed by atoms with Crippen LogP contribution in [0.3, 0.4) is 0 Å². The molecule has 0 spiro atoms. The highest BCUT2D eigenvalue weighted by molar-refractivity contribution is 7.89. The van der Waals surface area contributed by atoms with Crippen LogP contribution in [0.15, 0.2) is 47.4 Å². The number of hydrogen-bond acceptors (Lipinski definition) is 5. The Balaban J connectivity index is 2.02. The number of nitrogens with one attached hydrogen (secondary N) is 2. The number of amides is 1. The fourth-order valence-corrected chi connectivity index (χ4v) is 3.46. The number of sulfonamides is 1. The van der Waals surface area contributed by atoms with Crippen molar-refractivity contribution in [3.63, 3.8) is 0 Å². The van der Waals surface area contributed by atoms with Crippen LogP contribution >= 0.6 is 0 Å². The van der Waals surface area contributed by atoms with Gasteiger partial charge in [-0.15, -0.1) is 0 Å². The van der Waals surface area contributed by atoms with Gasteiger partial charge in [0.15, 0.2) is 6.61 Å². The molecule has 0 unspecified atom stereocenters. The predicted octanol–water partition coefficient (Wildman–Crippen LogP) is 2.45. The maximum absolute atomic E-state index is 13.5. The summed E-state index contributed by atoms with van der Waals surface area (Å²) in [5.41, 5.74) is -0.481. The molecule has 150 valence electrons. The van der Waals surface area contributed by atoms with Crippen molar-refractivity contribution in [2.24, 2.45) is 0 Å². The highest BCUT2D eigenvalue weighted by Crippen LogP contribution is 2.16. The van der Waals surface area contributed by atoms with Gasteiger partial charge in [0.2, 0.25) is 10.0 Å². The molecule has 0 aromatic heterocycles. The number of anilines is 1. The standard InChI is InChI=1S/C18H18F2N2O5S/c1-11(2)22-28(25,26)14-5-3-4-12(8-14)18(24)27-10-17(23)21-16-9-13(19)6-7-15(16)20/h3-9,11,22H,10H2,1-2H3,(H,21,23). The van der Waals surface area contributed by atoms with E-state index in [1.54, 1.807) is 13.8 Å². The molecule has 10 heteroatoms. The zero-order chi connectivity index (χ0) is 20.9. The Bertz CT molecular complexity index is 993. The second kappa shape index (κ2) is 8.89. The van der Waals surface area contributed by atoms with Gasteiger partial charge in [-0.3, -0.25) is 4.79 Å². The van der Waals surface area contributed by atoms with E-state index in [4.69, 9.17) is 4.74 Å². The average Bonchev–Trinajstić information content (AvgIpc) is 2.62. The van der Waals surface area contributed by atoms with Crippen LogP contribution in [0, 0.1) is 11.6 Å². The maximum atomic E-state index is 13.5. The van der Waals surface area contributed by atoms with Crippen molar-refractivity contribution >= 4 is 27.6 Å². The summed E-state index contributed by atoms with van der Waals surface area (Å²) in [6.45, 7) is 2.53. The van der Waals surface area contributed by atoms with Crippen molar-refractivity contribution in [3.8, 4) is 0 Å². The number of carbonyl (C=O) groups excluding carboxylic acids is 2. The number of esters is 1. The first kappa shape index (κ1) is 21.5. The second-order valence-electron chi connectivity index (χ2n) is 6.05. The number of hydrogen-bond donors (Lipinski definition) is 2. The summed E-state index contributed by atoms with van der Waals surface area (Å²) in [6.07, 6.45) is 0. The van der Waals surface area contributed by atoms with Crippen LogP contribution in [0.2, 0.25) is 0 Å². The Morgan fingerprint density at radius 2 is 1.82 bits per heavy atom. The Kier molecular flexibility index (Phi) is 6.81. The lowest BCUT2D eigenvalue weighted by Crippen LogP contribution is -2.30. The van der Waals surface area contributed by atoms with E-state index in [0.29, 0.717) is 0 Å². The quantitative estimate of drug-likeness (QED) is 0.681. The zero-order valence-corrected chi connectivity index (χ0v) is 15.8. The largest absolute Gasteiger partial charge is 0.452 e. The van der Waals surface area contributed by atoms with Crippen molar-refractivity contribution < 1.29 is 31.5 Å². The third kappa shape index (κ3) is 5.83.